The van der Waals surface area contributed by atoms with Crippen molar-refractivity contribution >= 4 is 22.6 Å². The van der Waals surface area contributed by atoms with E-state index in [2.05, 4.69) is 9.97 Å². The first-order chi connectivity index (χ1) is 9.54. The molecule has 1 atom stereocenters. The fourth-order valence-corrected chi connectivity index (χ4v) is 2.41. The third-order valence-corrected chi connectivity index (χ3v) is 3.56. The van der Waals surface area contributed by atoms with Crippen LogP contribution < -0.4 is 5.69 Å². The third-order valence-electron chi connectivity index (χ3n) is 3.07. The third kappa shape index (κ3) is 2.20. The van der Waals surface area contributed by atoms with Crippen LogP contribution in [0.4, 0.5) is 8.78 Å². The Kier molecular flexibility index (Phi) is 3.06. The van der Waals surface area contributed by atoms with Crippen LogP contribution in [0.25, 0.3) is 11.0 Å². The molecule has 0 fully saturated rings. The number of aromatic amines is 2. The number of imidazole rings is 1. The molecule has 0 aliphatic rings. The highest BCUT2D eigenvalue weighted by Gasteiger charge is 2.16. The van der Waals surface area contributed by atoms with Crippen LogP contribution in [-0.4, -0.2) is 9.97 Å². The van der Waals surface area contributed by atoms with Crippen LogP contribution in [0.3, 0.4) is 0 Å². The summed E-state index contributed by atoms with van der Waals surface area (Å²) in [6.07, 6.45) is 0. The predicted molar refractivity (Wildman–Crippen MR) is 73.0 cm³/mol. The van der Waals surface area contributed by atoms with Gasteiger partial charge in [0.25, 0.3) is 0 Å². The number of hydrogen-bond acceptors (Lipinski definition) is 1. The molecule has 3 nitrogen and oxygen atoms in total. The Morgan fingerprint density at radius 2 is 1.75 bits per heavy atom. The van der Waals surface area contributed by atoms with E-state index in [1.165, 1.54) is 6.07 Å². The average Bonchev–Trinajstić information content (AvgIpc) is 2.77. The Morgan fingerprint density at radius 1 is 1.00 bits per heavy atom. The van der Waals surface area contributed by atoms with Gasteiger partial charge in [-0.25, -0.2) is 13.6 Å². The Bertz CT molecular complexity index is 841. The monoisotopic (exact) mass is 294 g/mol. The van der Waals surface area contributed by atoms with Crippen LogP contribution in [0.5, 0.6) is 0 Å². The first-order valence-electron chi connectivity index (χ1n) is 5.85. The highest BCUT2D eigenvalue weighted by molar-refractivity contribution is 6.22. The molecule has 0 aliphatic heterocycles. The van der Waals surface area contributed by atoms with Crippen molar-refractivity contribution < 1.29 is 8.78 Å². The minimum Gasteiger partial charge on any atom is -0.306 e. The molecule has 0 bridgehead atoms. The molecule has 6 heteroatoms. The molecule has 2 aromatic carbocycles. The number of nitrogens with one attached hydrogen (secondary N) is 2. The maximum atomic E-state index is 13.7. The van der Waals surface area contributed by atoms with E-state index in [0.717, 1.165) is 12.1 Å². The van der Waals surface area contributed by atoms with Crippen molar-refractivity contribution in [1.82, 2.24) is 9.97 Å². The maximum absolute atomic E-state index is 13.7. The van der Waals surface area contributed by atoms with Crippen molar-refractivity contribution in [2.75, 3.05) is 0 Å². The molecule has 1 unspecified atom stereocenters. The smallest absolute Gasteiger partial charge is 0.306 e. The zero-order chi connectivity index (χ0) is 14.3. The molecule has 102 valence electrons. The molecule has 0 aliphatic carbocycles. The number of aromatic nitrogens is 2. The lowest BCUT2D eigenvalue weighted by molar-refractivity contribution is 0.573. The molecular weight excluding hydrogens is 286 g/mol. The van der Waals surface area contributed by atoms with Gasteiger partial charge in [0, 0.05) is 11.6 Å². The average molecular weight is 295 g/mol. The second-order valence-corrected chi connectivity index (χ2v) is 4.85. The summed E-state index contributed by atoms with van der Waals surface area (Å²) in [6.45, 7) is 0. The topological polar surface area (TPSA) is 48.6 Å². The molecule has 2 N–H and O–H groups in total. The summed E-state index contributed by atoms with van der Waals surface area (Å²) in [5, 5.41) is -0.765. The standard InChI is InChI=1S/C14H9ClF2N2O/c15-13(9-3-2-8(16)6-10(9)17)7-1-4-11-12(5-7)19-14(20)18-11/h1-6,13H,(H2,18,19,20). The van der Waals surface area contributed by atoms with Crippen LogP contribution in [0, 0.1) is 11.6 Å². The highest BCUT2D eigenvalue weighted by Crippen LogP contribution is 2.31. The van der Waals surface area contributed by atoms with Gasteiger partial charge in [0.05, 0.1) is 16.4 Å². The summed E-state index contributed by atoms with van der Waals surface area (Å²) in [7, 11) is 0. The second-order valence-electron chi connectivity index (χ2n) is 4.41. The summed E-state index contributed by atoms with van der Waals surface area (Å²) < 4.78 is 26.6. The second kappa shape index (κ2) is 4.76. The Morgan fingerprint density at radius 3 is 2.50 bits per heavy atom. The van der Waals surface area contributed by atoms with Crippen LogP contribution in [0.1, 0.15) is 16.5 Å². The Labute approximate surface area is 117 Å². The molecule has 20 heavy (non-hydrogen) atoms. The summed E-state index contributed by atoms with van der Waals surface area (Å²) in [5.74, 6) is -1.35. The molecule has 3 aromatic rings. The van der Waals surface area contributed by atoms with Gasteiger partial charge in [0.2, 0.25) is 0 Å². The van der Waals surface area contributed by atoms with E-state index in [-0.39, 0.29) is 11.3 Å². The Hall–Kier alpha value is -2.14. The minimum absolute atomic E-state index is 0.185. The van der Waals surface area contributed by atoms with Crippen molar-refractivity contribution in [3.8, 4) is 0 Å². The minimum atomic E-state index is -0.765. The number of H-pyrrole nitrogens is 2. The number of halogens is 3. The lowest BCUT2D eigenvalue weighted by atomic mass is 10.0. The zero-order valence-electron chi connectivity index (χ0n) is 10.1. The predicted octanol–water partition coefficient (Wildman–Crippen LogP) is 3.46. The van der Waals surface area contributed by atoms with Gasteiger partial charge < -0.3 is 9.97 Å². The van der Waals surface area contributed by atoms with Crippen molar-refractivity contribution in [2.24, 2.45) is 0 Å². The maximum Gasteiger partial charge on any atom is 0.323 e. The quantitative estimate of drug-likeness (QED) is 0.699. The first-order valence-corrected chi connectivity index (χ1v) is 6.29. The molecule has 1 aromatic heterocycles. The van der Waals surface area contributed by atoms with E-state index < -0.39 is 17.0 Å². The van der Waals surface area contributed by atoms with E-state index in [0.29, 0.717) is 16.6 Å². The van der Waals surface area contributed by atoms with Crippen molar-refractivity contribution in [3.63, 3.8) is 0 Å². The van der Waals surface area contributed by atoms with Crippen LogP contribution in [0.15, 0.2) is 41.2 Å². The fourth-order valence-electron chi connectivity index (χ4n) is 2.09. The number of benzene rings is 2. The summed E-state index contributed by atoms with van der Waals surface area (Å²) >= 11 is 6.23. The van der Waals surface area contributed by atoms with Crippen LogP contribution in [-0.2, 0) is 0 Å². The molecule has 0 amide bonds. The van der Waals surface area contributed by atoms with Crippen molar-refractivity contribution in [2.45, 2.75) is 5.38 Å². The number of rotatable bonds is 2. The highest BCUT2D eigenvalue weighted by atomic mass is 35.5. The molecule has 0 saturated heterocycles. The van der Waals surface area contributed by atoms with E-state index >= 15 is 0 Å². The van der Waals surface area contributed by atoms with Crippen molar-refractivity contribution in [1.29, 1.82) is 0 Å². The lowest BCUT2D eigenvalue weighted by Gasteiger charge is -2.11. The van der Waals surface area contributed by atoms with E-state index in [1.807, 2.05) is 0 Å². The van der Waals surface area contributed by atoms with Crippen molar-refractivity contribution in [3.05, 3.63) is 69.6 Å². The van der Waals surface area contributed by atoms with E-state index in [9.17, 15) is 13.6 Å². The van der Waals surface area contributed by atoms with Gasteiger partial charge in [-0.2, -0.15) is 0 Å². The van der Waals surface area contributed by atoms with Gasteiger partial charge in [-0.05, 0) is 23.8 Å². The molecule has 0 saturated carbocycles. The molecule has 0 spiro atoms. The summed E-state index contributed by atoms with van der Waals surface area (Å²) in [4.78, 5) is 16.4. The lowest BCUT2D eigenvalue weighted by Crippen LogP contribution is -1.99. The van der Waals surface area contributed by atoms with E-state index in [4.69, 9.17) is 11.6 Å². The van der Waals surface area contributed by atoms with Gasteiger partial charge in [-0.1, -0.05) is 12.1 Å². The number of hydrogen-bond donors (Lipinski definition) is 2. The van der Waals surface area contributed by atoms with Crippen LogP contribution in [0.2, 0.25) is 0 Å². The van der Waals surface area contributed by atoms with Gasteiger partial charge in [-0.3, -0.25) is 0 Å². The van der Waals surface area contributed by atoms with Gasteiger partial charge in [-0.15, -0.1) is 11.6 Å². The van der Waals surface area contributed by atoms with Gasteiger partial charge in [0.1, 0.15) is 11.6 Å². The van der Waals surface area contributed by atoms with Crippen LogP contribution >= 0.6 is 11.6 Å². The Balaban J connectivity index is 2.06. The molecule has 3 rings (SSSR count). The van der Waals surface area contributed by atoms with Gasteiger partial charge >= 0.3 is 5.69 Å². The summed E-state index contributed by atoms with van der Waals surface area (Å²) in [5.41, 5.74) is 1.70. The fraction of sp³-hybridized carbons (Fsp3) is 0.0714. The molecular formula is C14H9ClF2N2O. The SMILES string of the molecule is O=c1[nH]c2ccc(C(Cl)c3ccc(F)cc3F)cc2[nH]1. The summed E-state index contributed by atoms with van der Waals surface area (Å²) in [6, 6.07) is 8.29. The number of alkyl halides is 1. The zero-order valence-corrected chi connectivity index (χ0v) is 10.8. The first kappa shape index (κ1) is 12.9. The number of fused-ring (bicyclic) bond motifs is 1. The normalized spacial score (nSPS) is 12.8. The molecule has 1 heterocycles. The van der Waals surface area contributed by atoms with E-state index in [1.54, 1.807) is 18.2 Å². The molecule has 0 radical (unpaired) electrons. The largest absolute Gasteiger partial charge is 0.323 e. The van der Waals surface area contributed by atoms with Gasteiger partial charge in [0.15, 0.2) is 0 Å².